The van der Waals surface area contributed by atoms with Crippen LogP contribution in [0.4, 0.5) is 5.69 Å². The molecule has 1 N–H and O–H groups in total. The van der Waals surface area contributed by atoms with Crippen molar-refractivity contribution in [1.29, 1.82) is 0 Å². The van der Waals surface area contributed by atoms with Gasteiger partial charge in [-0.1, -0.05) is 30.3 Å². The van der Waals surface area contributed by atoms with Gasteiger partial charge in [-0.25, -0.2) is 0 Å². The third-order valence-electron chi connectivity index (χ3n) is 5.80. The van der Waals surface area contributed by atoms with Crippen LogP contribution in [-0.2, 0) is 6.54 Å². The fourth-order valence-electron chi connectivity index (χ4n) is 4.29. The zero-order chi connectivity index (χ0) is 18.5. The minimum atomic E-state index is -0.0548. The third kappa shape index (κ3) is 4.76. The molecule has 27 heavy (non-hydrogen) atoms. The van der Waals surface area contributed by atoms with Crippen molar-refractivity contribution in [2.75, 3.05) is 31.5 Å². The van der Waals surface area contributed by atoms with Crippen molar-refractivity contribution in [3.8, 4) is 0 Å². The van der Waals surface area contributed by atoms with Gasteiger partial charge in [0.1, 0.15) is 0 Å². The lowest BCUT2D eigenvalue weighted by molar-refractivity contribution is 0.102. The molecule has 2 aliphatic heterocycles. The van der Waals surface area contributed by atoms with Gasteiger partial charge in [-0.15, -0.1) is 0 Å². The van der Waals surface area contributed by atoms with E-state index in [1.165, 1.54) is 57.4 Å². The van der Waals surface area contributed by atoms with Gasteiger partial charge in [0.15, 0.2) is 0 Å². The molecule has 0 radical (unpaired) electrons. The van der Waals surface area contributed by atoms with E-state index in [2.05, 4.69) is 27.2 Å². The Morgan fingerprint density at radius 1 is 0.926 bits per heavy atom. The lowest BCUT2D eigenvalue weighted by atomic mass is 10.1. The van der Waals surface area contributed by atoms with Gasteiger partial charge in [0, 0.05) is 30.4 Å². The lowest BCUT2D eigenvalue weighted by Gasteiger charge is -2.28. The number of carbonyl (C=O) groups is 1. The fourth-order valence-corrected chi connectivity index (χ4v) is 4.29. The maximum absolute atomic E-state index is 12.4. The number of hydrogen-bond donors (Lipinski definition) is 1. The number of anilines is 1. The molecule has 2 saturated heterocycles. The van der Waals surface area contributed by atoms with Crippen molar-refractivity contribution in [1.82, 2.24) is 9.80 Å². The summed E-state index contributed by atoms with van der Waals surface area (Å²) in [7, 11) is 0. The molecule has 0 spiro atoms. The van der Waals surface area contributed by atoms with Gasteiger partial charge in [0.25, 0.3) is 5.91 Å². The van der Waals surface area contributed by atoms with E-state index >= 15 is 0 Å². The topological polar surface area (TPSA) is 35.6 Å². The van der Waals surface area contributed by atoms with Crippen molar-refractivity contribution in [3.05, 3.63) is 65.7 Å². The molecule has 0 aromatic heterocycles. The first-order chi connectivity index (χ1) is 13.3. The Kier molecular flexibility index (Phi) is 5.85. The van der Waals surface area contributed by atoms with E-state index in [-0.39, 0.29) is 5.91 Å². The standard InChI is InChI=1S/C23H29N3O/c27-23(24-21-7-2-1-3-8-21)20-12-10-19(11-13-20)17-26-16-6-9-22(26)18-25-14-4-5-15-25/h1-3,7-8,10-13,22H,4-6,9,14-18H2,(H,24,27). The molecule has 1 unspecified atom stereocenters. The normalized spacial score (nSPS) is 20.8. The Bertz CT molecular complexity index is 738. The second kappa shape index (κ2) is 8.68. The molecule has 2 aliphatic rings. The van der Waals surface area contributed by atoms with E-state index < -0.39 is 0 Å². The molecule has 0 bridgehead atoms. The maximum Gasteiger partial charge on any atom is 0.255 e. The first kappa shape index (κ1) is 18.2. The monoisotopic (exact) mass is 363 g/mol. The van der Waals surface area contributed by atoms with Gasteiger partial charge in [0.05, 0.1) is 0 Å². The number of nitrogens with zero attached hydrogens (tertiary/aromatic N) is 2. The summed E-state index contributed by atoms with van der Waals surface area (Å²) in [5.41, 5.74) is 2.82. The van der Waals surface area contributed by atoms with Crippen LogP contribution in [0.2, 0.25) is 0 Å². The first-order valence-electron chi connectivity index (χ1n) is 10.2. The van der Waals surface area contributed by atoms with E-state index in [0.717, 1.165) is 12.2 Å². The minimum Gasteiger partial charge on any atom is -0.322 e. The van der Waals surface area contributed by atoms with E-state index in [4.69, 9.17) is 0 Å². The molecule has 2 heterocycles. The molecule has 4 nitrogen and oxygen atoms in total. The average Bonchev–Trinajstić information content (AvgIpc) is 3.36. The van der Waals surface area contributed by atoms with Crippen molar-refractivity contribution >= 4 is 11.6 Å². The quantitative estimate of drug-likeness (QED) is 0.843. The van der Waals surface area contributed by atoms with Crippen LogP contribution in [0.5, 0.6) is 0 Å². The summed E-state index contributed by atoms with van der Waals surface area (Å²) in [4.78, 5) is 17.6. The van der Waals surface area contributed by atoms with Crippen LogP contribution in [0.1, 0.15) is 41.6 Å². The summed E-state index contributed by atoms with van der Waals surface area (Å²) in [6.45, 7) is 5.94. The molecular weight excluding hydrogens is 334 g/mol. The SMILES string of the molecule is O=C(Nc1ccccc1)c1ccc(CN2CCCC2CN2CCCC2)cc1. The highest BCUT2D eigenvalue weighted by molar-refractivity contribution is 6.04. The second-order valence-corrected chi connectivity index (χ2v) is 7.79. The number of para-hydroxylation sites is 1. The smallest absolute Gasteiger partial charge is 0.255 e. The maximum atomic E-state index is 12.4. The number of amides is 1. The zero-order valence-corrected chi connectivity index (χ0v) is 15.9. The summed E-state index contributed by atoms with van der Waals surface area (Å²) < 4.78 is 0. The minimum absolute atomic E-state index is 0.0548. The van der Waals surface area contributed by atoms with Crippen LogP contribution in [-0.4, -0.2) is 47.9 Å². The van der Waals surface area contributed by atoms with Crippen LogP contribution < -0.4 is 5.32 Å². The first-order valence-corrected chi connectivity index (χ1v) is 10.2. The number of benzene rings is 2. The average molecular weight is 364 g/mol. The van der Waals surface area contributed by atoms with Crippen molar-refractivity contribution in [2.24, 2.45) is 0 Å². The predicted molar refractivity (Wildman–Crippen MR) is 110 cm³/mol. The molecule has 142 valence electrons. The highest BCUT2D eigenvalue weighted by atomic mass is 16.1. The Morgan fingerprint density at radius 3 is 2.41 bits per heavy atom. The number of carbonyl (C=O) groups excluding carboxylic acids is 1. The molecule has 4 rings (SSSR count). The molecule has 2 aromatic rings. The van der Waals surface area contributed by atoms with Gasteiger partial charge in [-0.05, 0) is 75.1 Å². The lowest BCUT2D eigenvalue weighted by Crippen LogP contribution is -2.38. The number of likely N-dealkylation sites (tertiary alicyclic amines) is 2. The highest BCUT2D eigenvalue weighted by Gasteiger charge is 2.27. The third-order valence-corrected chi connectivity index (χ3v) is 5.80. The number of hydrogen-bond acceptors (Lipinski definition) is 3. The van der Waals surface area contributed by atoms with E-state index in [1.807, 2.05) is 42.5 Å². The van der Waals surface area contributed by atoms with Crippen LogP contribution in [0.25, 0.3) is 0 Å². The molecule has 1 atom stereocenters. The molecule has 4 heteroatoms. The Balaban J connectivity index is 1.33. The van der Waals surface area contributed by atoms with Gasteiger partial charge in [0.2, 0.25) is 0 Å². The Hall–Kier alpha value is -2.17. The van der Waals surface area contributed by atoms with Gasteiger partial charge in [-0.3, -0.25) is 9.69 Å². The van der Waals surface area contributed by atoms with Gasteiger partial charge in [-0.2, -0.15) is 0 Å². The van der Waals surface area contributed by atoms with Crippen molar-refractivity contribution < 1.29 is 4.79 Å². The number of nitrogens with one attached hydrogen (secondary N) is 1. The molecule has 1 amide bonds. The predicted octanol–water partition coefficient (Wildman–Crippen LogP) is 4.00. The van der Waals surface area contributed by atoms with Gasteiger partial charge >= 0.3 is 0 Å². The van der Waals surface area contributed by atoms with E-state index in [9.17, 15) is 4.79 Å². The van der Waals surface area contributed by atoms with E-state index in [0.29, 0.717) is 11.6 Å². The molecular formula is C23H29N3O. The molecule has 0 aliphatic carbocycles. The summed E-state index contributed by atoms with van der Waals surface area (Å²) in [5, 5.41) is 2.94. The molecule has 0 saturated carbocycles. The summed E-state index contributed by atoms with van der Waals surface area (Å²) in [5.74, 6) is -0.0548. The highest BCUT2D eigenvalue weighted by Crippen LogP contribution is 2.22. The molecule has 2 fully saturated rings. The Labute approximate surface area is 162 Å². The number of rotatable bonds is 6. The van der Waals surface area contributed by atoms with Crippen molar-refractivity contribution in [2.45, 2.75) is 38.3 Å². The Morgan fingerprint density at radius 2 is 1.67 bits per heavy atom. The van der Waals surface area contributed by atoms with E-state index in [1.54, 1.807) is 0 Å². The summed E-state index contributed by atoms with van der Waals surface area (Å²) >= 11 is 0. The van der Waals surface area contributed by atoms with Gasteiger partial charge < -0.3 is 10.2 Å². The summed E-state index contributed by atoms with van der Waals surface area (Å²) in [6, 6.07) is 18.4. The summed E-state index contributed by atoms with van der Waals surface area (Å²) in [6.07, 6.45) is 5.34. The largest absolute Gasteiger partial charge is 0.322 e. The van der Waals surface area contributed by atoms with Crippen LogP contribution in [0.15, 0.2) is 54.6 Å². The zero-order valence-electron chi connectivity index (χ0n) is 15.9. The van der Waals surface area contributed by atoms with Crippen LogP contribution in [0, 0.1) is 0 Å². The second-order valence-electron chi connectivity index (χ2n) is 7.79. The van der Waals surface area contributed by atoms with Crippen molar-refractivity contribution in [3.63, 3.8) is 0 Å². The van der Waals surface area contributed by atoms with Crippen LogP contribution in [0.3, 0.4) is 0 Å². The van der Waals surface area contributed by atoms with Crippen LogP contribution >= 0.6 is 0 Å². The fraction of sp³-hybridized carbons (Fsp3) is 0.435. The molecule has 2 aromatic carbocycles.